The zero-order valence-electron chi connectivity index (χ0n) is 10.9. The van der Waals surface area contributed by atoms with E-state index in [1.54, 1.807) is 31.3 Å². The van der Waals surface area contributed by atoms with E-state index in [1.165, 1.54) is 0 Å². The summed E-state index contributed by atoms with van der Waals surface area (Å²) >= 11 is 0. The monoisotopic (exact) mass is 268 g/mol. The van der Waals surface area contributed by atoms with Crippen LogP contribution in [0.3, 0.4) is 0 Å². The molecule has 100 valence electrons. The molecule has 0 radical (unpaired) electrons. The topological polar surface area (TPSA) is 65.2 Å². The first-order valence-corrected chi connectivity index (χ1v) is 6.17. The zero-order chi connectivity index (χ0) is 13.9. The number of hydrogen-bond acceptors (Lipinski definition) is 5. The lowest BCUT2D eigenvalue weighted by molar-refractivity contribution is 0.0466. The SMILES string of the molecule is Cc1cc(COC(=O)c2cccc3cccnc23)no1. The van der Waals surface area contributed by atoms with Crippen LogP contribution in [0.15, 0.2) is 47.1 Å². The highest BCUT2D eigenvalue weighted by molar-refractivity contribution is 6.02. The van der Waals surface area contributed by atoms with Gasteiger partial charge in [0.05, 0.1) is 11.1 Å². The van der Waals surface area contributed by atoms with Crippen molar-refractivity contribution in [3.8, 4) is 0 Å². The fourth-order valence-electron chi connectivity index (χ4n) is 1.97. The second-order valence-electron chi connectivity index (χ2n) is 4.39. The highest BCUT2D eigenvalue weighted by Crippen LogP contribution is 2.17. The van der Waals surface area contributed by atoms with Gasteiger partial charge in [0.15, 0.2) is 0 Å². The van der Waals surface area contributed by atoms with Crippen molar-refractivity contribution in [1.82, 2.24) is 10.1 Å². The second kappa shape index (κ2) is 5.13. The van der Waals surface area contributed by atoms with Gasteiger partial charge in [0.25, 0.3) is 0 Å². The Morgan fingerprint density at radius 3 is 2.95 bits per heavy atom. The van der Waals surface area contributed by atoms with Crippen molar-refractivity contribution in [2.45, 2.75) is 13.5 Å². The van der Waals surface area contributed by atoms with Crippen molar-refractivity contribution in [3.63, 3.8) is 0 Å². The number of esters is 1. The van der Waals surface area contributed by atoms with Crippen molar-refractivity contribution in [1.29, 1.82) is 0 Å². The molecular formula is C15H12N2O3. The summed E-state index contributed by atoms with van der Waals surface area (Å²) in [7, 11) is 0. The van der Waals surface area contributed by atoms with E-state index in [-0.39, 0.29) is 6.61 Å². The summed E-state index contributed by atoms with van der Waals surface area (Å²) in [4.78, 5) is 16.3. The van der Waals surface area contributed by atoms with E-state index in [2.05, 4.69) is 10.1 Å². The molecule has 5 heteroatoms. The summed E-state index contributed by atoms with van der Waals surface area (Å²) in [5.74, 6) is 0.262. The number of pyridine rings is 1. The van der Waals surface area contributed by atoms with Gasteiger partial charge in [-0.25, -0.2) is 4.79 Å². The molecule has 20 heavy (non-hydrogen) atoms. The maximum absolute atomic E-state index is 12.1. The molecule has 3 rings (SSSR count). The quantitative estimate of drug-likeness (QED) is 0.683. The minimum absolute atomic E-state index is 0.0827. The van der Waals surface area contributed by atoms with E-state index in [4.69, 9.17) is 9.26 Å². The molecule has 0 aliphatic rings. The average Bonchev–Trinajstić information content (AvgIpc) is 2.90. The molecule has 1 aromatic carbocycles. The molecule has 2 aromatic heterocycles. The van der Waals surface area contributed by atoms with Crippen LogP contribution in [0.25, 0.3) is 10.9 Å². The Balaban J connectivity index is 1.82. The van der Waals surface area contributed by atoms with E-state index in [0.29, 0.717) is 22.5 Å². The number of aryl methyl sites for hydroxylation is 1. The average molecular weight is 268 g/mol. The summed E-state index contributed by atoms with van der Waals surface area (Å²) in [5, 5.41) is 4.68. The highest BCUT2D eigenvalue weighted by atomic mass is 16.5. The van der Waals surface area contributed by atoms with Crippen LogP contribution in [-0.4, -0.2) is 16.1 Å². The molecule has 0 fully saturated rings. The number of nitrogens with zero attached hydrogens (tertiary/aromatic N) is 2. The highest BCUT2D eigenvalue weighted by Gasteiger charge is 2.13. The van der Waals surface area contributed by atoms with Crippen molar-refractivity contribution in [3.05, 3.63) is 59.6 Å². The zero-order valence-corrected chi connectivity index (χ0v) is 10.9. The van der Waals surface area contributed by atoms with Crippen LogP contribution in [0.4, 0.5) is 0 Å². The number of carbonyl (C=O) groups excluding carboxylic acids is 1. The standard InChI is InChI=1S/C15H12N2O3/c1-10-8-12(17-20-10)9-19-15(18)13-6-2-4-11-5-3-7-16-14(11)13/h2-8H,9H2,1H3. The van der Waals surface area contributed by atoms with E-state index in [1.807, 2.05) is 18.2 Å². The Morgan fingerprint density at radius 1 is 1.30 bits per heavy atom. The first-order chi connectivity index (χ1) is 9.74. The Morgan fingerprint density at radius 2 is 2.15 bits per heavy atom. The Bertz CT molecular complexity index is 759. The normalized spacial score (nSPS) is 10.7. The Kier molecular flexibility index (Phi) is 3.16. The molecule has 0 saturated carbocycles. The van der Waals surface area contributed by atoms with Crippen LogP contribution in [-0.2, 0) is 11.3 Å². The van der Waals surface area contributed by atoms with Gasteiger partial charge < -0.3 is 9.26 Å². The van der Waals surface area contributed by atoms with Gasteiger partial charge in [0.1, 0.15) is 18.1 Å². The molecule has 0 aliphatic carbocycles. The van der Waals surface area contributed by atoms with E-state index < -0.39 is 5.97 Å². The lowest BCUT2D eigenvalue weighted by Gasteiger charge is -2.05. The van der Waals surface area contributed by atoms with Crippen LogP contribution < -0.4 is 0 Å². The third-order valence-corrected chi connectivity index (χ3v) is 2.88. The van der Waals surface area contributed by atoms with Crippen molar-refractivity contribution < 1.29 is 14.1 Å². The van der Waals surface area contributed by atoms with Gasteiger partial charge in [-0.15, -0.1) is 0 Å². The molecule has 2 heterocycles. The van der Waals surface area contributed by atoms with Gasteiger partial charge >= 0.3 is 5.97 Å². The Hall–Kier alpha value is -2.69. The van der Waals surface area contributed by atoms with E-state index in [0.717, 1.165) is 5.39 Å². The van der Waals surface area contributed by atoms with Gasteiger partial charge in [0, 0.05) is 17.6 Å². The first-order valence-electron chi connectivity index (χ1n) is 6.17. The number of fused-ring (bicyclic) bond motifs is 1. The molecule has 0 spiro atoms. The molecule has 0 unspecified atom stereocenters. The maximum Gasteiger partial charge on any atom is 0.340 e. The van der Waals surface area contributed by atoms with Crippen molar-refractivity contribution in [2.24, 2.45) is 0 Å². The van der Waals surface area contributed by atoms with Gasteiger partial charge in [-0.3, -0.25) is 4.98 Å². The van der Waals surface area contributed by atoms with Gasteiger partial charge in [-0.2, -0.15) is 0 Å². The number of para-hydroxylation sites is 1. The van der Waals surface area contributed by atoms with E-state index in [9.17, 15) is 4.79 Å². The fourth-order valence-corrected chi connectivity index (χ4v) is 1.97. The van der Waals surface area contributed by atoms with Crippen molar-refractivity contribution >= 4 is 16.9 Å². The second-order valence-corrected chi connectivity index (χ2v) is 4.39. The van der Waals surface area contributed by atoms with Gasteiger partial charge in [0.2, 0.25) is 0 Å². The molecule has 0 atom stereocenters. The summed E-state index contributed by atoms with van der Waals surface area (Å²) < 4.78 is 10.2. The minimum atomic E-state index is -0.421. The molecule has 0 amide bonds. The van der Waals surface area contributed by atoms with Crippen molar-refractivity contribution in [2.75, 3.05) is 0 Å². The van der Waals surface area contributed by atoms with Gasteiger partial charge in [-0.1, -0.05) is 23.4 Å². The number of benzene rings is 1. The first kappa shape index (κ1) is 12.3. The number of ether oxygens (including phenoxy) is 1. The number of carbonyl (C=O) groups is 1. The molecular weight excluding hydrogens is 256 g/mol. The summed E-state index contributed by atoms with van der Waals surface area (Å²) in [6, 6.07) is 10.9. The van der Waals surface area contributed by atoms with Crippen LogP contribution >= 0.6 is 0 Å². The fraction of sp³-hybridized carbons (Fsp3) is 0.133. The molecule has 0 bridgehead atoms. The number of rotatable bonds is 3. The molecule has 0 saturated heterocycles. The predicted molar refractivity (Wildman–Crippen MR) is 72.1 cm³/mol. The Labute approximate surface area is 115 Å². The van der Waals surface area contributed by atoms with Crippen LogP contribution in [0.2, 0.25) is 0 Å². The lowest BCUT2D eigenvalue weighted by Crippen LogP contribution is -2.06. The van der Waals surface area contributed by atoms with Crippen LogP contribution in [0, 0.1) is 6.92 Å². The minimum Gasteiger partial charge on any atom is -0.455 e. The molecule has 3 aromatic rings. The van der Waals surface area contributed by atoms with Gasteiger partial charge in [-0.05, 0) is 19.1 Å². The molecule has 5 nitrogen and oxygen atoms in total. The molecule has 0 aliphatic heterocycles. The maximum atomic E-state index is 12.1. The third kappa shape index (κ3) is 2.38. The largest absolute Gasteiger partial charge is 0.455 e. The van der Waals surface area contributed by atoms with E-state index >= 15 is 0 Å². The molecule has 0 N–H and O–H groups in total. The predicted octanol–water partition coefficient (Wildman–Crippen LogP) is 2.89. The summed E-state index contributed by atoms with van der Waals surface area (Å²) in [5.41, 5.74) is 1.67. The number of hydrogen-bond donors (Lipinski definition) is 0. The van der Waals surface area contributed by atoms with Crippen LogP contribution in [0.1, 0.15) is 21.8 Å². The number of aromatic nitrogens is 2. The van der Waals surface area contributed by atoms with Crippen LogP contribution in [0.5, 0.6) is 0 Å². The smallest absolute Gasteiger partial charge is 0.340 e. The third-order valence-electron chi connectivity index (χ3n) is 2.88. The summed E-state index contributed by atoms with van der Waals surface area (Å²) in [6.45, 7) is 1.87. The summed E-state index contributed by atoms with van der Waals surface area (Å²) in [6.07, 6.45) is 1.65. The lowest BCUT2D eigenvalue weighted by atomic mass is 10.1.